The number of aromatic nitrogens is 1. The molecule has 2 aromatic rings. The highest BCUT2D eigenvalue weighted by Gasteiger charge is 2.40. The maximum Gasteiger partial charge on any atom is 0.253 e. The number of carbonyl (C=O) groups excluding carboxylic acids is 2. The molecule has 3 N–H and O–H groups in total. The number of nitrogens with one attached hydrogen (secondary N) is 1. The van der Waals surface area contributed by atoms with Crippen molar-refractivity contribution in [3.05, 3.63) is 27.0 Å². The number of carbonyl (C=O) groups is 2. The van der Waals surface area contributed by atoms with Gasteiger partial charge in [0.2, 0.25) is 11.8 Å². The van der Waals surface area contributed by atoms with Gasteiger partial charge in [0.05, 0.1) is 15.9 Å². The number of nitrogens with two attached hydrogens (primary N) is 1. The highest BCUT2D eigenvalue weighted by Crippen LogP contribution is 2.32. The zero-order chi connectivity index (χ0) is 18.9. The fourth-order valence-corrected chi connectivity index (χ4v) is 7.16. The van der Waals surface area contributed by atoms with E-state index in [0.29, 0.717) is 34.0 Å². The highest BCUT2D eigenvalue weighted by atomic mass is 79.9. The first-order chi connectivity index (χ1) is 12.3. The summed E-state index contributed by atoms with van der Waals surface area (Å²) in [4.78, 5) is 27.6. The van der Waals surface area contributed by atoms with Crippen molar-refractivity contribution in [2.75, 3.05) is 11.9 Å². The van der Waals surface area contributed by atoms with Gasteiger partial charge in [0.1, 0.15) is 10.3 Å². The SMILES string of the molecule is NC(=O)Cc1csc(NC(=O)C2CCCN2S(=O)(=O)c2ccc(Br)s2)n1. The number of rotatable bonds is 6. The third-order valence-electron chi connectivity index (χ3n) is 3.76. The predicted molar refractivity (Wildman–Crippen MR) is 103 cm³/mol. The summed E-state index contributed by atoms with van der Waals surface area (Å²) in [7, 11) is -3.73. The van der Waals surface area contributed by atoms with Gasteiger partial charge in [-0.1, -0.05) is 0 Å². The van der Waals surface area contributed by atoms with Crippen LogP contribution in [0.15, 0.2) is 25.5 Å². The largest absolute Gasteiger partial charge is 0.369 e. The minimum absolute atomic E-state index is 0.0104. The van der Waals surface area contributed by atoms with Gasteiger partial charge in [0.25, 0.3) is 10.0 Å². The summed E-state index contributed by atoms with van der Waals surface area (Å²) in [6.45, 7) is 0.292. The Balaban J connectivity index is 1.74. The third kappa shape index (κ3) is 4.14. The first-order valence-electron chi connectivity index (χ1n) is 7.58. The monoisotopic (exact) mass is 478 g/mol. The predicted octanol–water partition coefficient (Wildman–Crippen LogP) is 1.79. The number of thiophene rings is 1. The second-order valence-electron chi connectivity index (χ2n) is 5.61. The van der Waals surface area contributed by atoms with Crippen molar-refractivity contribution < 1.29 is 18.0 Å². The van der Waals surface area contributed by atoms with Gasteiger partial charge in [-0.15, -0.1) is 22.7 Å². The summed E-state index contributed by atoms with van der Waals surface area (Å²) in [6.07, 6.45) is 1.04. The highest BCUT2D eigenvalue weighted by molar-refractivity contribution is 9.11. The van der Waals surface area contributed by atoms with Gasteiger partial charge >= 0.3 is 0 Å². The Morgan fingerprint density at radius 1 is 1.42 bits per heavy atom. The van der Waals surface area contributed by atoms with E-state index in [9.17, 15) is 18.0 Å². The first-order valence-corrected chi connectivity index (χ1v) is 11.5. The number of halogens is 1. The van der Waals surface area contributed by atoms with E-state index >= 15 is 0 Å². The fraction of sp³-hybridized carbons (Fsp3) is 0.357. The maximum absolute atomic E-state index is 12.8. The molecule has 3 rings (SSSR count). The van der Waals surface area contributed by atoms with E-state index in [1.54, 1.807) is 11.4 Å². The lowest BCUT2D eigenvalue weighted by Crippen LogP contribution is -2.42. The molecule has 1 saturated heterocycles. The van der Waals surface area contributed by atoms with Crippen LogP contribution < -0.4 is 11.1 Å². The van der Waals surface area contributed by atoms with E-state index in [-0.39, 0.29) is 10.6 Å². The Kier molecular flexibility index (Phi) is 5.77. The summed E-state index contributed by atoms with van der Waals surface area (Å²) in [6, 6.07) is 2.40. The van der Waals surface area contributed by atoms with Gasteiger partial charge in [-0.2, -0.15) is 4.31 Å². The van der Waals surface area contributed by atoms with E-state index in [4.69, 9.17) is 5.73 Å². The minimum Gasteiger partial charge on any atom is -0.369 e. The van der Waals surface area contributed by atoms with Gasteiger partial charge in [-0.25, -0.2) is 13.4 Å². The van der Waals surface area contributed by atoms with Crippen LogP contribution in [-0.2, 0) is 26.0 Å². The zero-order valence-electron chi connectivity index (χ0n) is 13.3. The van der Waals surface area contributed by atoms with Crippen LogP contribution in [-0.4, -0.2) is 42.1 Å². The van der Waals surface area contributed by atoms with Crippen molar-refractivity contribution >= 4 is 65.6 Å². The fourth-order valence-electron chi connectivity index (χ4n) is 2.65. The molecular weight excluding hydrogens is 464 g/mol. The van der Waals surface area contributed by atoms with Crippen molar-refractivity contribution in [3.63, 3.8) is 0 Å². The molecule has 3 heterocycles. The molecule has 2 amide bonds. The number of thiazole rings is 1. The Labute approximate surface area is 166 Å². The number of amides is 2. The molecule has 1 unspecified atom stereocenters. The van der Waals surface area contributed by atoms with Gasteiger partial charge in [-0.3, -0.25) is 9.59 Å². The standard InChI is InChI=1S/C14H15BrN4O4S3/c15-10-3-4-12(25-10)26(22,23)19-5-1-2-9(19)13(21)18-14-17-8(7-24-14)6-11(16)20/h3-4,7,9H,1-2,5-6H2,(H2,16,20)(H,17,18,21). The third-order valence-corrected chi connectivity index (χ3v) is 8.56. The molecule has 140 valence electrons. The lowest BCUT2D eigenvalue weighted by atomic mass is 10.2. The van der Waals surface area contributed by atoms with Crippen LogP contribution >= 0.6 is 38.6 Å². The van der Waals surface area contributed by atoms with Crippen LogP contribution in [0.25, 0.3) is 0 Å². The number of hydrogen-bond acceptors (Lipinski definition) is 7. The molecular formula is C14H15BrN4O4S3. The smallest absolute Gasteiger partial charge is 0.253 e. The van der Waals surface area contributed by atoms with Crippen molar-refractivity contribution in [1.29, 1.82) is 0 Å². The van der Waals surface area contributed by atoms with Crippen LogP contribution in [0.1, 0.15) is 18.5 Å². The molecule has 1 aliphatic rings. The van der Waals surface area contributed by atoms with E-state index in [1.807, 2.05) is 0 Å². The van der Waals surface area contributed by atoms with Crippen LogP contribution in [0.2, 0.25) is 0 Å². The van der Waals surface area contributed by atoms with E-state index in [0.717, 1.165) is 22.7 Å². The normalized spacial score (nSPS) is 18.1. The number of anilines is 1. The summed E-state index contributed by atoms with van der Waals surface area (Å²) < 4.78 is 27.8. The topological polar surface area (TPSA) is 122 Å². The zero-order valence-corrected chi connectivity index (χ0v) is 17.4. The number of nitrogens with zero attached hydrogens (tertiary/aromatic N) is 2. The average Bonchev–Trinajstić information content (AvgIpc) is 3.27. The lowest BCUT2D eigenvalue weighted by Gasteiger charge is -2.22. The molecule has 1 aliphatic heterocycles. The van der Waals surface area contributed by atoms with Crippen molar-refractivity contribution in [3.8, 4) is 0 Å². The Bertz CT molecular complexity index is 940. The molecule has 0 radical (unpaired) electrons. The molecule has 0 bridgehead atoms. The molecule has 1 fully saturated rings. The quantitative estimate of drug-likeness (QED) is 0.654. The summed E-state index contributed by atoms with van der Waals surface area (Å²) in [5.41, 5.74) is 5.59. The summed E-state index contributed by atoms with van der Waals surface area (Å²) >= 11 is 5.53. The molecule has 0 aromatic carbocycles. The Morgan fingerprint density at radius 3 is 2.85 bits per heavy atom. The number of primary amides is 1. The molecule has 8 nitrogen and oxygen atoms in total. The molecule has 12 heteroatoms. The van der Waals surface area contributed by atoms with Crippen LogP contribution in [0.3, 0.4) is 0 Å². The number of hydrogen-bond donors (Lipinski definition) is 2. The Morgan fingerprint density at radius 2 is 2.19 bits per heavy atom. The lowest BCUT2D eigenvalue weighted by molar-refractivity contribution is -0.119. The van der Waals surface area contributed by atoms with Gasteiger partial charge in [-0.05, 0) is 40.9 Å². The van der Waals surface area contributed by atoms with Crippen molar-refractivity contribution in [2.24, 2.45) is 5.73 Å². The second kappa shape index (κ2) is 7.72. The van der Waals surface area contributed by atoms with E-state index in [1.165, 1.54) is 10.4 Å². The van der Waals surface area contributed by atoms with E-state index in [2.05, 4.69) is 26.2 Å². The first kappa shape index (κ1) is 19.4. The summed E-state index contributed by atoms with van der Waals surface area (Å²) in [5, 5.41) is 4.59. The minimum atomic E-state index is -3.73. The van der Waals surface area contributed by atoms with Crippen molar-refractivity contribution in [1.82, 2.24) is 9.29 Å². The molecule has 0 saturated carbocycles. The average molecular weight is 479 g/mol. The van der Waals surface area contributed by atoms with Crippen LogP contribution in [0.4, 0.5) is 5.13 Å². The molecule has 1 atom stereocenters. The van der Waals surface area contributed by atoms with E-state index < -0.39 is 27.9 Å². The molecule has 0 aliphatic carbocycles. The van der Waals surface area contributed by atoms with Gasteiger partial charge < -0.3 is 11.1 Å². The Hall–Kier alpha value is -1.34. The maximum atomic E-state index is 12.8. The van der Waals surface area contributed by atoms with Gasteiger partial charge in [0.15, 0.2) is 5.13 Å². The second-order valence-corrected chi connectivity index (χ2v) is 11.0. The molecule has 2 aromatic heterocycles. The summed E-state index contributed by atoms with van der Waals surface area (Å²) in [5.74, 6) is -0.940. The van der Waals surface area contributed by atoms with Crippen molar-refractivity contribution in [2.45, 2.75) is 29.5 Å². The molecule has 26 heavy (non-hydrogen) atoms. The van der Waals surface area contributed by atoms with Gasteiger partial charge in [0, 0.05) is 11.9 Å². The van der Waals surface area contributed by atoms with Crippen LogP contribution in [0, 0.1) is 0 Å². The number of sulfonamides is 1. The molecule has 0 spiro atoms. The van der Waals surface area contributed by atoms with Crippen LogP contribution in [0.5, 0.6) is 0 Å².